The van der Waals surface area contributed by atoms with Gasteiger partial charge in [0, 0.05) is 24.8 Å². The summed E-state index contributed by atoms with van der Waals surface area (Å²) in [4.78, 5) is 23.5. The van der Waals surface area contributed by atoms with Gasteiger partial charge in [-0.05, 0) is 54.8 Å². The molecule has 0 saturated carbocycles. The molecule has 0 aliphatic carbocycles. The Hall–Kier alpha value is -4.15. The molecule has 1 aliphatic heterocycles. The van der Waals surface area contributed by atoms with Crippen LogP contribution in [0.3, 0.4) is 0 Å². The molecule has 5 rings (SSSR count). The number of nitrogens with one attached hydrogen (secondary N) is 3. The van der Waals surface area contributed by atoms with Gasteiger partial charge >= 0.3 is 6.03 Å². The van der Waals surface area contributed by atoms with E-state index in [4.69, 9.17) is 10.2 Å². The molecule has 2 heterocycles. The van der Waals surface area contributed by atoms with Gasteiger partial charge in [-0.2, -0.15) is 5.26 Å². The first-order valence-corrected chi connectivity index (χ1v) is 11.5. The number of carbonyl (C=O) groups excluding carboxylic acids is 1. The number of aromatic nitrogens is 2. The Morgan fingerprint density at radius 3 is 2.59 bits per heavy atom. The summed E-state index contributed by atoms with van der Waals surface area (Å²) in [7, 11) is 0. The number of hydrogen-bond donors (Lipinski definition) is 3. The number of urea groups is 1. The fraction of sp³-hybridized carbons (Fsp3) is 0.222. The number of nitrogens with zero attached hydrogens (tertiary/aromatic N) is 3. The average Bonchev–Trinajstić information content (AvgIpc) is 3.30. The van der Waals surface area contributed by atoms with Crippen molar-refractivity contribution in [2.45, 2.75) is 31.5 Å². The number of rotatable bonds is 5. The molecule has 3 aromatic carbocycles. The molecule has 170 valence electrons. The van der Waals surface area contributed by atoms with Crippen LogP contribution < -0.4 is 10.6 Å². The number of carbonyl (C=O) groups is 1. The van der Waals surface area contributed by atoms with Crippen molar-refractivity contribution in [1.82, 2.24) is 20.2 Å². The molecule has 2 amide bonds. The second-order valence-electron chi connectivity index (χ2n) is 8.62. The average molecular weight is 451 g/mol. The van der Waals surface area contributed by atoms with E-state index >= 15 is 0 Å². The highest BCUT2D eigenvalue weighted by Gasteiger charge is 2.32. The van der Waals surface area contributed by atoms with Crippen LogP contribution >= 0.6 is 0 Å². The van der Waals surface area contributed by atoms with Crippen LogP contribution in [0.2, 0.25) is 0 Å². The van der Waals surface area contributed by atoms with E-state index in [1.807, 2.05) is 30.3 Å². The van der Waals surface area contributed by atoms with Crippen LogP contribution in [0.15, 0.2) is 78.9 Å². The summed E-state index contributed by atoms with van der Waals surface area (Å²) in [6.45, 7) is 1.67. The predicted octanol–water partition coefficient (Wildman–Crippen LogP) is 4.96. The third kappa shape index (κ3) is 4.92. The number of amides is 2. The van der Waals surface area contributed by atoms with E-state index in [0.29, 0.717) is 11.3 Å². The molecule has 0 spiro atoms. The van der Waals surface area contributed by atoms with Crippen molar-refractivity contribution in [3.8, 4) is 6.07 Å². The Morgan fingerprint density at radius 1 is 1.06 bits per heavy atom. The molecular formula is C27H26N6O. The van der Waals surface area contributed by atoms with Gasteiger partial charge in [-0.25, -0.2) is 9.78 Å². The molecular weight excluding hydrogens is 424 g/mol. The molecule has 0 unspecified atom stereocenters. The van der Waals surface area contributed by atoms with Gasteiger partial charge in [0.05, 0.1) is 28.7 Å². The van der Waals surface area contributed by atoms with Gasteiger partial charge in [0.2, 0.25) is 0 Å². The summed E-state index contributed by atoms with van der Waals surface area (Å²) in [6, 6.07) is 27.3. The van der Waals surface area contributed by atoms with Crippen molar-refractivity contribution in [3.63, 3.8) is 0 Å². The zero-order valence-electron chi connectivity index (χ0n) is 18.7. The number of likely N-dealkylation sites (tertiary alicyclic amines) is 1. The van der Waals surface area contributed by atoms with E-state index < -0.39 is 0 Å². The van der Waals surface area contributed by atoms with Crippen LogP contribution in [0.1, 0.15) is 35.8 Å². The highest BCUT2D eigenvalue weighted by Crippen LogP contribution is 2.32. The largest absolute Gasteiger partial charge is 0.341 e. The molecule has 0 bridgehead atoms. The summed E-state index contributed by atoms with van der Waals surface area (Å²) in [5.41, 5.74) is 4.45. The number of H-pyrrole nitrogens is 1. The van der Waals surface area contributed by atoms with Gasteiger partial charge in [-0.3, -0.25) is 4.90 Å². The zero-order chi connectivity index (χ0) is 23.3. The summed E-state index contributed by atoms with van der Waals surface area (Å²) >= 11 is 0. The van der Waals surface area contributed by atoms with E-state index in [2.05, 4.69) is 50.9 Å². The van der Waals surface area contributed by atoms with Gasteiger partial charge in [-0.15, -0.1) is 0 Å². The first kappa shape index (κ1) is 21.7. The molecule has 1 saturated heterocycles. The number of benzene rings is 3. The molecule has 34 heavy (non-hydrogen) atoms. The van der Waals surface area contributed by atoms with Crippen LogP contribution in [0.4, 0.5) is 10.5 Å². The minimum atomic E-state index is -0.241. The number of imidazole rings is 1. The molecule has 7 heteroatoms. The molecule has 2 atom stereocenters. The number of hydrogen-bond acceptors (Lipinski definition) is 4. The quantitative estimate of drug-likeness (QED) is 0.400. The number of fused-ring (bicyclic) bond motifs is 1. The van der Waals surface area contributed by atoms with E-state index in [1.54, 1.807) is 24.3 Å². The minimum Gasteiger partial charge on any atom is -0.341 e. The molecule has 1 fully saturated rings. The number of nitriles is 1. The Balaban J connectivity index is 1.31. The van der Waals surface area contributed by atoms with Gasteiger partial charge in [0.15, 0.2) is 0 Å². The Bertz CT molecular complexity index is 1280. The van der Waals surface area contributed by atoms with Gasteiger partial charge in [-0.1, -0.05) is 42.5 Å². The highest BCUT2D eigenvalue weighted by molar-refractivity contribution is 5.89. The molecule has 1 aliphatic rings. The van der Waals surface area contributed by atoms with Crippen molar-refractivity contribution in [1.29, 1.82) is 5.26 Å². The summed E-state index contributed by atoms with van der Waals surface area (Å²) in [5.74, 6) is 0.927. The lowest BCUT2D eigenvalue weighted by molar-refractivity contribution is 0.114. The van der Waals surface area contributed by atoms with Gasteiger partial charge in [0.25, 0.3) is 0 Å². The van der Waals surface area contributed by atoms with Crippen LogP contribution in [0.25, 0.3) is 11.0 Å². The van der Waals surface area contributed by atoms with Crippen molar-refractivity contribution >= 4 is 22.8 Å². The smallest absolute Gasteiger partial charge is 0.319 e. The van der Waals surface area contributed by atoms with Crippen molar-refractivity contribution < 1.29 is 4.79 Å². The SMILES string of the molecule is N#Cc1ccc(NC(=O)N[C@@H]2CCN(Cc3ccccc3)[C@@H](c3nc4ccccc4[nH]3)C2)cc1. The maximum absolute atomic E-state index is 12.7. The van der Waals surface area contributed by atoms with Crippen molar-refractivity contribution in [2.24, 2.45) is 0 Å². The number of piperidine rings is 1. The molecule has 3 N–H and O–H groups in total. The number of anilines is 1. The van der Waals surface area contributed by atoms with Crippen LogP contribution in [0.5, 0.6) is 0 Å². The Morgan fingerprint density at radius 2 is 1.82 bits per heavy atom. The standard InChI is InChI=1S/C27H26N6O/c28-17-19-10-12-21(13-11-19)29-27(34)30-22-14-15-33(18-20-6-2-1-3-7-20)25(16-22)26-31-23-8-4-5-9-24(23)32-26/h1-13,22,25H,14-16,18H2,(H,31,32)(H2,29,30,34)/t22-,25-/m1/s1. The van der Waals surface area contributed by atoms with E-state index in [9.17, 15) is 4.79 Å². The second kappa shape index (κ2) is 9.77. The van der Waals surface area contributed by atoms with Crippen LogP contribution in [0, 0.1) is 11.3 Å². The van der Waals surface area contributed by atoms with E-state index in [-0.39, 0.29) is 18.1 Å². The van der Waals surface area contributed by atoms with Crippen LogP contribution in [-0.4, -0.2) is 33.5 Å². The third-order valence-electron chi connectivity index (χ3n) is 6.27. The van der Waals surface area contributed by atoms with Gasteiger partial charge < -0.3 is 15.6 Å². The molecule has 1 aromatic heterocycles. The second-order valence-corrected chi connectivity index (χ2v) is 8.62. The summed E-state index contributed by atoms with van der Waals surface area (Å²) < 4.78 is 0. The zero-order valence-corrected chi connectivity index (χ0v) is 18.7. The topological polar surface area (TPSA) is 96.8 Å². The van der Waals surface area contributed by atoms with Gasteiger partial charge in [0.1, 0.15) is 5.82 Å². The molecule has 4 aromatic rings. The first-order chi connectivity index (χ1) is 16.7. The maximum atomic E-state index is 12.7. The number of aromatic amines is 1. The van der Waals surface area contributed by atoms with Crippen molar-refractivity contribution in [2.75, 3.05) is 11.9 Å². The summed E-state index contributed by atoms with van der Waals surface area (Å²) in [5, 5.41) is 14.9. The van der Waals surface area contributed by atoms with Crippen molar-refractivity contribution in [3.05, 3.63) is 95.8 Å². The Kier molecular flexibility index (Phi) is 6.23. The van der Waals surface area contributed by atoms with Crippen LogP contribution in [-0.2, 0) is 6.54 Å². The number of para-hydroxylation sites is 2. The lowest BCUT2D eigenvalue weighted by Gasteiger charge is -2.38. The fourth-order valence-corrected chi connectivity index (χ4v) is 4.55. The maximum Gasteiger partial charge on any atom is 0.319 e. The molecule has 7 nitrogen and oxygen atoms in total. The fourth-order valence-electron chi connectivity index (χ4n) is 4.55. The third-order valence-corrected chi connectivity index (χ3v) is 6.27. The summed E-state index contributed by atoms with van der Waals surface area (Å²) in [6.07, 6.45) is 1.61. The first-order valence-electron chi connectivity index (χ1n) is 11.5. The predicted molar refractivity (Wildman–Crippen MR) is 132 cm³/mol. The lowest BCUT2D eigenvalue weighted by Crippen LogP contribution is -2.47. The van der Waals surface area contributed by atoms with E-state index in [0.717, 1.165) is 42.8 Å². The monoisotopic (exact) mass is 450 g/mol. The van der Waals surface area contributed by atoms with E-state index in [1.165, 1.54) is 5.56 Å². The highest BCUT2D eigenvalue weighted by atomic mass is 16.2. The lowest BCUT2D eigenvalue weighted by atomic mass is 9.95. The normalized spacial score (nSPS) is 18.3. The Labute approximate surface area is 198 Å². The minimum absolute atomic E-state index is 0.0172. The molecule has 0 radical (unpaired) electrons.